The quantitative estimate of drug-likeness (QED) is 0.664. The number of hydrazone groups is 1. The number of carbonyl (C=O) groups is 1. The van der Waals surface area contributed by atoms with Gasteiger partial charge in [0.15, 0.2) is 0 Å². The van der Waals surface area contributed by atoms with Gasteiger partial charge in [-0.15, -0.1) is 0 Å². The number of amides is 1. The molecular formula is C16H16N2O2. The first kappa shape index (κ1) is 13.8. The molecule has 0 aliphatic rings. The number of carbonyl (C=O) groups excluding carboxylic acids is 1. The zero-order valence-electron chi connectivity index (χ0n) is 11.4. The van der Waals surface area contributed by atoms with Crippen LogP contribution in [0.3, 0.4) is 0 Å². The summed E-state index contributed by atoms with van der Waals surface area (Å²) in [6.07, 6.45) is 0. The van der Waals surface area contributed by atoms with E-state index in [1.807, 2.05) is 25.1 Å². The van der Waals surface area contributed by atoms with E-state index in [1.165, 1.54) is 0 Å². The average molecular weight is 268 g/mol. The monoisotopic (exact) mass is 268 g/mol. The maximum atomic E-state index is 11.9. The third kappa shape index (κ3) is 3.23. The largest absolute Gasteiger partial charge is 0.507 e. The molecule has 0 aliphatic carbocycles. The molecule has 2 rings (SSSR count). The van der Waals surface area contributed by atoms with E-state index in [2.05, 4.69) is 10.5 Å². The summed E-state index contributed by atoms with van der Waals surface area (Å²) in [5, 5.41) is 13.8. The molecule has 0 spiro atoms. The number of hydrogen-bond acceptors (Lipinski definition) is 3. The zero-order valence-corrected chi connectivity index (χ0v) is 11.4. The molecule has 0 heterocycles. The van der Waals surface area contributed by atoms with Crippen molar-refractivity contribution < 1.29 is 9.90 Å². The Morgan fingerprint density at radius 1 is 1.15 bits per heavy atom. The Bertz CT molecular complexity index is 649. The summed E-state index contributed by atoms with van der Waals surface area (Å²) >= 11 is 0. The summed E-state index contributed by atoms with van der Waals surface area (Å²) < 4.78 is 0. The van der Waals surface area contributed by atoms with Gasteiger partial charge in [0.05, 0.1) is 5.71 Å². The van der Waals surface area contributed by atoms with Crippen molar-refractivity contribution in [3.05, 3.63) is 65.2 Å². The van der Waals surface area contributed by atoms with E-state index in [-0.39, 0.29) is 11.7 Å². The van der Waals surface area contributed by atoms with Crippen molar-refractivity contribution in [3.63, 3.8) is 0 Å². The van der Waals surface area contributed by atoms with Crippen LogP contribution in [0.15, 0.2) is 53.6 Å². The molecule has 0 saturated carbocycles. The number of aryl methyl sites for hydroxylation is 1. The Hall–Kier alpha value is -2.62. The fourth-order valence-electron chi connectivity index (χ4n) is 1.79. The lowest BCUT2D eigenvalue weighted by molar-refractivity contribution is 0.0955. The normalized spacial score (nSPS) is 11.2. The summed E-state index contributed by atoms with van der Waals surface area (Å²) in [5.41, 5.74) is 5.20. The molecule has 20 heavy (non-hydrogen) atoms. The maximum absolute atomic E-state index is 11.9. The smallest absolute Gasteiger partial charge is 0.271 e. The van der Waals surface area contributed by atoms with Crippen LogP contribution in [0.25, 0.3) is 0 Å². The van der Waals surface area contributed by atoms with E-state index in [0.717, 1.165) is 5.56 Å². The zero-order chi connectivity index (χ0) is 14.5. The molecule has 0 fully saturated rings. The molecule has 0 saturated heterocycles. The van der Waals surface area contributed by atoms with Gasteiger partial charge >= 0.3 is 0 Å². The summed E-state index contributed by atoms with van der Waals surface area (Å²) in [6.45, 7) is 3.67. The molecule has 4 nitrogen and oxygen atoms in total. The van der Waals surface area contributed by atoms with Crippen molar-refractivity contribution in [2.75, 3.05) is 0 Å². The lowest BCUT2D eigenvalue weighted by atomic mass is 10.1. The first-order valence-electron chi connectivity index (χ1n) is 6.27. The van der Waals surface area contributed by atoms with Gasteiger partial charge in [0.1, 0.15) is 5.75 Å². The third-order valence-corrected chi connectivity index (χ3v) is 2.90. The number of hydrogen-bond donors (Lipinski definition) is 2. The second kappa shape index (κ2) is 6.02. The number of nitrogens with zero attached hydrogens (tertiary/aromatic N) is 1. The molecule has 0 bridgehead atoms. The first-order chi connectivity index (χ1) is 9.58. The Morgan fingerprint density at radius 3 is 2.55 bits per heavy atom. The van der Waals surface area contributed by atoms with Crippen molar-refractivity contribution in [2.45, 2.75) is 13.8 Å². The lowest BCUT2D eigenvalue weighted by Gasteiger charge is -2.06. The van der Waals surface area contributed by atoms with Gasteiger partial charge in [-0.3, -0.25) is 4.79 Å². The average Bonchev–Trinajstić information content (AvgIpc) is 2.47. The highest BCUT2D eigenvalue weighted by Crippen LogP contribution is 2.18. The number of phenols is 1. The highest BCUT2D eigenvalue weighted by atomic mass is 16.3. The molecule has 4 heteroatoms. The molecule has 2 aromatic carbocycles. The van der Waals surface area contributed by atoms with Crippen LogP contribution in [0, 0.1) is 6.92 Å². The summed E-state index contributed by atoms with van der Waals surface area (Å²) in [6, 6.07) is 14.1. The molecule has 0 aliphatic heterocycles. The van der Waals surface area contributed by atoms with Crippen molar-refractivity contribution in [2.24, 2.45) is 5.10 Å². The summed E-state index contributed by atoms with van der Waals surface area (Å²) in [5.74, 6) is -0.136. The SMILES string of the molecule is CC(=NNC(=O)c1ccccc1)c1cc(C)ccc1O. The molecule has 0 atom stereocenters. The van der Waals surface area contributed by atoms with E-state index in [0.29, 0.717) is 16.8 Å². The van der Waals surface area contributed by atoms with Crippen LogP contribution in [0.5, 0.6) is 5.75 Å². The number of phenolic OH excluding ortho intramolecular Hbond substituents is 1. The molecule has 2 N–H and O–H groups in total. The second-order valence-corrected chi connectivity index (χ2v) is 4.52. The molecule has 2 aromatic rings. The predicted octanol–water partition coefficient (Wildman–Crippen LogP) is 2.85. The van der Waals surface area contributed by atoms with Gasteiger partial charge in [0.25, 0.3) is 5.91 Å². The lowest BCUT2D eigenvalue weighted by Crippen LogP contribution is -2.19. The van der Waals surface area contributed by atoms with Gasteiger partial charge < -0.3 is 5.11 Å². The summed E-state index contributed by atoms with van der Waals surface area (Å²) in [4.78, 5) is 11.9. The van der Waals surface area contributed by atoms with Crippen LogP contribution in [0.4, 0.5) is 0 Å². The predicted molar refractivity (Wildman–Crippen MR) is 79.0 cm³/mol. The highest BCUT2D eigenvalue weighted by molar-refractivity contribution is 6.02. The minimum atomic E-state index is -0.280. The number of benzene rings is 2. The second-order valence-electron chi connectivity index (χ2n) is 4.52. The van der Waals surface area contributed by atoms with E-state index < -0.39 is 0 Å². The standard InChI is InChI=1S/C16H16N2O2/c1-11-8-9-15(19)14(10-11)12(2)17-18-16(20)13-6-4-3-5-7-13/h3-10,19H,1-2H3,(H,18,20). The fourth-order valence-corrected chi connectivity index (χ4v) is 1.79. The van der Waals surface area contributed by atoms with Gasteiger partial charge in [-0.05, 0) is 38.1 Å². The van der Waals surface area contributed by atoms with Gasteiger partial charge in [0, 0.05) is 11.1 Å². The minimum Gasteiger partial charge on any atom is -0.507 e. The van der Waals surface area contributed by atoms with Crippen molar-refractivity contribution in [3.8, 4) is 5.75 Å². The van der Waals surface area contributed by atoms with Crippen LogP contribution in [0.2, 0.25) is 0 Å². The molecular weight excluding hydrogens is 252 g/mol. The van der Waals surface area contributed by atoms with Gasteiger partial charge in [-0.25, -0.2) is 5.43 Å². The van der Waals surface area contributed by atoms with Crippen LogP contribution in [-0.2, 0) is 0 Å². The van der Waals surface area contributed by atoms with Crippen LogP contribution < -0.4 is 5.43 Å². The minimum absolute atomic E-state index is 0.144. The van der Waals surface area contributed by atoms with Crippen LogP contribution in [-0.4, -0.2) is 16.7 Å². The Balaban J connectivity index is 2.15. The molecule has 0 unspecified atom stereocenters. The Labute approximate surface area is 117 Å². The van der Waals surface area contributed by atoms with Gasteiger partial charge in [-0.1, -0.05) is 29.8 Å². The van der Waals surface area contributed by atoms with E-state index in [4.69, 9.17) is 0 Å². The number of nitrogens with one attached hydrogen (secondary N) is 1. The molecule has 1 amide bonds. The first-order valence-corrected chi connectivity index (χ1v) is 6.27. The summed E-state index contributed by atoms with van der Waals surface area (Å²) in [7, 11) is 0. The maximum Gasteiger partial charge on any atom is 0.271 e. The third-order valence-electron chi connectivity index (χ3n) is 2.90. The van der Waals surface area contributed by atoms with E-state index in [9.17, 15) is 9.90 Å². The fraction of sp³-hybridized carbons (Fsp3) is 0.125. The topological polar surface area (TPSA) is 61.7 Å². The van der Waals surface area contributed by atoms with Crippen molar-refractivity contribution in [1.29, 1.82) is 0 Å². The van der Waals surface area contributed by atoms with E-state index in [1.54, 1.807) is 37.3 Å². The van der Waals surface area contributed by atoms with Gasteiger partial charge in [-0.2, -0.15) is 5.10 Å². The van der Waals surface area contributed by atoms with E-state index >= 15 is 0 Å². The number of rotatable bonds is 3. The highest BCUT2D eigenvalue weighted by Gasteiger charge is 2.07. The molecule has 0 radical (unpaired) electrons. The van der Waals surface area contributed by atoms with Crippen molar-refractivity contribution >= 4 is 11.6 Å². The Kier molecular flexibility index (Phi) is 4.15. The van der Waals surface area contributed by atoms with Crippen molar-refractivity contribution in [1.82, 2.24) is 5.43 Å². The molecule has 102 valence electrons. The Morgan fingerprint density at radius 2 is 1.85 bits per heavy atom. The van der Waals surface area contributed by atoms with Crippen LogP contribution >= 0.6 is 0 Å². The van der Waals surface area contributed by atoms with Gasteiger partial charge in [0.2, 0.25) is 0 Å². The van der Waals surface area contributed by atoms with Crippen LogP contribution in [0.1, 0.15) is 28.4 Å². The molecule has 0 aromatic heterocycles. The number of aromatic hydroxyl groups is 1.